The molecule has 2 aromatic rings. The van der Waals surface area contributed by atoms with Crippen LogP contribution < -0.4 is 20.7 Å². The first-order valence-electron chi connectivity index (χ1n) is 9.93. The van der Waals surface area contributed by atoms with Crippen LogP contribution in [0.4, 0.5) is 20.3 Å². The van der Waals surface area contributed by atoms with Crippen molar-refractivity contribution < 1.29 is 18.3 Å². The molecule has 3 heterocycles. The summed E-state index contributed by atoms with van der Waals surface area (Å²) in [6.45, 7) is 4.84. The fourth-order valence-corrected chi connectivity index (χ4v) is 3.99. The van der Waals surface area contributed by atoms with E-state index in [1.54, 1.807) is 17.9 Å². The van der Waals surface area contributed by atoms with E-state index < -0.39 is 24.4 Å². The van der Waals surface area contributed by atoms with E-state index in [2.05, 4.69) is 5.32 Å². The molecule has 0 saturated carbocycles. The highest BCUT2D eigenvalue weighted by Gasteiger charge is 2.41. The molecule has 162 valence electrons. The van der Waals surface area contributed by atoms with Crippen LogP contribution in [0.5, 0.6) is 5.75 Å². The van der Waals surface area contributed by atoms with Crippen molar-refractivity contribution in [3.05, 3.63) is 24.4 Å². The lowest BCUT2D eigenvalue weighted by Gasteiger charge is -2.28. The Labute approximate surface area is 173 Å². The van der Waals surface area contributed by atoms with Crippen molar-refractivity contribution in [1.82, 2.24) is 14.5 Å². The van der Waals surface area contributed by atoms with E-state index in [0.29, 0.717) is 36.2 Å². The molecule has 10 heteroatoms. The Morgan fingerprint density at radius 2 is 2.17 bits per heavy atom. The third-order valence-corrected chi connectivity index (χ3v) is 5.81. The molecule has 0 aliphatic carbocycles. The van der Waals surface area contributed by atoms with Crippen LogP contribution in [-0.2, 0) is 11.3 Å². The number of hydrogen-bond donors (Lipinski definition) is 2. The molecule has 0 bridgehead atoms. The van der Waals surface area contributed by atoms with E-state index in [1.165, 1.54) is 0 Å². The third kappa shape index (κ3) is 3.55. The Morgan fingerprint density at radius 3 is 2.87 bits per heavy atom. The largest absolute Gasteiger partial charge is 0.491 e. The zero-order valence-corrected chi connectivity index (χ0v) is 17.2. The van der Waals surface area contributed by atoms with Gasteiger partial charge in [-0.25, -0.2) is 13.8 Å². The zero-order valence-electron chi connectivity index (χ0n) is 17.2. The molecule has 2 aliphatic heterocycles. The van der Waals surface area contributed by atoms with Crippen LogP contribution in [0.25, 0.3) is 11.4 Å². The number of alkyl halides is 2. The van der Waals surface area contributed by atoms with E-state index in [-0.39, 0.29) is 12.7 Å². The van der Waals surface area contributed by atoms with Crippen molar-refractivity contribution >= 4 is 17.4 Å². The summed E-state index contributed by atoms with van der Waals surface area (Å²) in [6.07, 6.45) is -0.823. The van der Waals surface area contributed by atoms with Crippen LogP contribution in [0.15, 0.2) is 24.4 Å². The average Bonchev–Trinajstić information content (AvgIpc) is 3.18. The number of fused-ring (bicyclic) bond motifs is 3. The van der Waals surface area contributed by atoms with Gasteiger partial charge in [0.15, 0.2) is 0 Å². The summed E-state index contributed by atoms with van der Waals surface area (Å²) in [5, 5.41) is 3.04. The number of ether oxygens (including phenoxy) is 1. The molecule has 2 aliphatic rings. The van der Waals surface area contributed by atoms with Crippen molar-refractivity contribution in [3.8, 4) is 17.1 Å². The molecule has 1 fully saturated rings. The van der Waals surface area contributed by atoms with E-state index in [4.69, 9.17) is 15.5 Å². The summed E-state index contributed by atoms with van der Waals surface area (Å²) in [6, 6.07) is 4.04. The fraction of sp³-hybridized carbons (Fsp3) is 0.500. The summed E-state index contributed by atoms with van der Waals surface area (Å²) in [5.41, 5.74) is 6.79. The normalized spacial score (nSPS) is 22.3. The van der Waals surface area contributed by atoms with Gasteiger partial charge in [0, 0.05) is 24.5 Å². The van der Waals surface area contributed by atoms with Gasteiger partial charge in [0.1, 0.15) is 36.1 Å². The van der Waals surface area contributed by atoms with E-state index in [9.17, 15) is 13.6 Å². The van der Waals surface area contributed by atoms with Gasteiger partial charge in [-0.15, -0.1) is 0 Å². The Balaban J connectivity index is 1.68. The van der Waals surface area contributed by atoms with Crippen molar-refractivity contribution in [2.75, 3.05) is 30.4 Å². The van der Waals surface area contributed by atoms with Crippen molar-refractivity contribution in [1.29, 1.82) is 0 Å². The number of primary amides is 1. The molecule has 30 heavy (non-hydrogen) atoms. The predicted octanol–water partition coefficient (Wildman–Crippen LogP) is 1.96. The molecule has 1 aromatic carbocycles. The molecule has 1 saturated heterocycles. The van der Waals surface area contributed by atoms with Gasteiger partial charge in [-0.05, 0) is 33.0 Å². The van der Waals surface area contributed by atoms with Crippen LogP contribution >= 0.6 is 0 Å². The minimum Gasteiger partial charge on any atom is -0.491 e. The van der Waals surface area contributed by atoms with E-state index in [1.807, 2.05) is 41.8 Å². The minimum atomic E-state index is -2.46. The van der Waals surface area contributed by atoms with Crippen molar-refractivity contribution in [3.63, 3.8) is 0 Å². The number of rotatable bonds is 5. The molecule has 3 atom stereocenters. The number of nitrogens with two attached hydrogens (primary N) is 1. The number of carbonyl (C=O) groups is 1. The van der Waals surface area contributed by atoms with Gasteiger partial charge in [0.2, 0.25) is 5.91 Å². The Kier molecular flexibility index (Phi) is 5.27. The number of likely N-dealkylation sites (N-methyl/N-ethyl adjacent to an activating group) is 1. The van der Waals surface area contributed by atoms with Gasteiger partial charge in [-0.1, -0.05) is 0 Å². The van der Waals surface area contributed by atoms with Gasteiger partial charge in [0.25, 0.3) is 6.43 Å². The van der Waals surface area contributed by atoms with Crippen LogP contribution in [0.3, 0.4) is 0 Å². The summed E-state index contributed by atoms with van der Waals surface area (Å²) < 4.78 is 35.1. The second-order valence-electron chi connectivity index (χ2n) is 7.82. The van der Waals surface area contributed by atoms with Gasteiger partial charge < -0.3 is 25.3 Å². The first-order chi connectivity index (χ1) is 14.3. The van der Waals surface area contributed by atoms with Crippen LogP contribution in [-0.4, -0.2) is 65.2 Å². The quantitative estimate of drug-likeness (QED) is 0.769. The molecule has 0 spiro atoms. The van der Waals surface area contributed by atoms with Crippen molar-refractivity contribution in [2.24, 2.45) is 5.73 Å². The maximum absolute atomic E-state index is 13.7. The first-order valence-corrected chi connectivity index (χ1v) is 9.93. The zero-order chi connectivity index (χ0) is 21.6. The molecule has 4 rings (SSSR count). The highest BCUT2D eigenvalue weighted by Crippen LogP contribution is 2.37. The highest BCUT2D eigenvalue weighted by atomic mass is 19.3. The monoisotopic (exact) mass is 420 g/mol. The number of amides is 1. The summed E-state index contributed by atoms with van der Waals surface area (Å²) >= 11 is 0. The predicted molar refractivity (Wildman–Crippen MR) is 110 cm³/mol. The van der Waals surface area contributed by atoms with Crippen LogP contribution in [0.2, 0.25) is 0 Å². The maximum Gasteiger partial charge on any atom is 0.259 e. The lowest BCUT2D eigenvalue weighted by molar-refractivity contribution is -0.118. The third-order valence-electron chi connectivity index (χ3n) is 5.81. The SMILES string of the molecule is CC1N(C)CC(C(F)F)N1c1cn2c(n1)-c1ccc(N[C@@H](C)C(N)=O)cc1OCC2. The maximum atomic E-state index is 13.7. The molecule has 8 nitrogen and oxygen atoms in total. The lowest BCUT2D eigenvalue weighted by atomic mass is 10.1. The smallest absolute Gasteiger partial charge is 0.259 e. The molecule has 0 radical (unpaired) electrons. The number of nitrogens with one attached hydrogen (secondary N) is 1. The summed E-state index contributed by atoms with van der Waals surface area (Å²) in [5.74, 6) is 1.36. The van der Waals surface area contributed by atoms with Crippen LogP contribution in [0.1, 0.15) is 13.8 Å². The second kappa shape index (κ2) is 7.75. The highest BCUT2D eigenvalue weighted by molar-refractivity contribution is 5.83. The van der Waals surface area contributed by atoms with E-state index >= 15 is 0 Å². The number of carbonyl (C=O) groups excluding carboxylic acids is 1. The number of imidazole rings is 1. The molecule has 3 N–H and O–H groups in total. The Hall–Kier alpha value is -2.88. The Morgan fingerprint density at radius 1 is 1.40 bits per heavy atom. The summed E-state index contributed by atoms with van der Waals surface area (Å²) in [4.78, 5) is 19.6. The fourth-order valence-electron chi connectivity index (χ4n) is 3.99. The number of nitrogens with zero attached hydrogens (tertiary/aromatic N) is 4. The molecule has 1 aromatic heterocycles. The molecule has 1 amide bonds. The second-order valence-corrected chi connectivity index (χ2v) is 7.82. The number of aromatic nitrogens is 2. The van der Waals surface area contributed by atoms with Crippen LogP contribution in [0, 0.1) is 0 Å². The van der Waals surface area contributed by atoms with Gasteiger partial charge >= 0.3 is 0 Å². The standard InChI is InChI=1S/C20H26F2N6O2/c1-11(19(23)29)24-13-4-5-14-16(8-13)30-7-6-27-10-17(25-20(14)27)28-12(2)26(3)9-15(28)18(21)22/h4-5,8,10-12,15,18,24H,6-7,9H2,1-3H3,(H2,23,29)/t11-,12?,15?/m0/s1. The minimum absolute atomic E-state index is 0.180. The van der Waals surface area contributed by atoms with Gasteiger partial charge in [-0.2, -0.15) is 0 Å². The molecular weight excluding hydrogens is 394 g/mol. The molecular formula is C20H26F2N6O2. The number of benzene rings is 1. The lowest BCUT2D eigenvalue weighted by Crippen LogP contribution is -2.41. The Bertz CT molecular complexity index is 949. The van der Waals surface area contributed by atoms with E-state index in [0.717, 1.165) is 5.56 Å². The summed E-state index contributed by atoms with van der Waals surface area (Å²) in [7, 11) is 1.84. The average molecular weight is 420 g/mol. The van der Waals surface area contributed by atoms with Gasteiger partial charge in [0.05, 0.1) is 18.3 Å². The number of hydrogen-bond acceptors (Lipinski definition) is 6. The van der Waals surface area contributed by atoms with Gasteiger partial charge in [-0.3, -0.25) is 9.69 Å². The van der Waals surface area contributed by atoms with Crippen molar-refractivity contribution in [2.45, 2.75) is 45.1 Å². The first kappa shape index (κ1) is 20.4. The number of halogens is 2. The number of anilines is 2. The molecule has 2 unspecified atom stereocenters. The topological polar surface area (TPSA) is 88.6 Å².